The molecule has 0 fully saturated rings. The first kappa shape index (κ1) is 15.8. The number of benzene rings is 2. The second kappa shape index (κ2) is 6.56. The van der Waals surface area contributed by atoms with E-state index in [9.17, 15) is 14.0 Å². The zero-order valence-electron chi connectivity index (χ0n) is 12.7. The number of hydrogen-bond donors (Lipinski definition) is 1. The van der Waals surface area contributed by atoms with Crippen LogP contribution in [0.4, 0.5) is 20.2 Å². The topological polar surface area (TPSA) is 57.5 Å². The summed E-state index contributed by atoms with van der Waals surface area (Å²) in [6.45, 7) is -2.97. The van der Waals surface area contributed by atoms with Crippen LogP contribution < -0.4 is 15.1 Å². The van der Waals surface area contributed by atoms with Gasteiger partial charge in [-0.15, -0.1) is 0 Å². The molecular formula is C17H13F2N3O2. The van der Waals surface area contributed by atoms with E-state index < -0.39 is 6.61 Å². The van der Waals surface area contributed by atoms with Gasteiger partial charge in [-0.2, -0.15) is 18.9 Å². The number of nitrogens with one attached hydrogen (secondary N) is 1. The average molecular weight is 329 g/mol. The largest absolute Gasteiger partial charge is 0.497 e. The molecule has 1 aliphatic heterocycles. The lowest BCUT2D eigenvalue weighted by Gasteiger charge is -2.28. The molecule has 3 rings (SSSR count). The zero-order valence-corrected chi connectivity index (χ0v) is 12.7. The van der Waals surface area contributed by atoms with Gasteiger partial charge in [-0.25, -0.2) is 5.06 Å². The predicted molar refractivity (Wildman–Crippen MR) is 85.5 cm³/mol. The van der Waals surface area contributed by atoms with Crippen LogP contribution in [0.1, 0.15) is 5.56 Å². The van der Waals surface area contributed by atoms with E-state index in [0.29, 0.717) is 28.3 Å². The summed E-state index contributed by atoms with van der Waals surface area (Å²) in [7, 11) is 1.56. The van der Waals surface area contributed by atoms with E-state index >= 15 is 0 Å². The van der Waals surface area contributed by atoms with Crippen LogP contribution in [0.25, 0.3) is 11.1 Å². The van der Waals surface area contributed by atoms with E-state index in [0.717, 1.165) is 10.6 Å². The van der Waals surface area contributed by atoms with E-state index in [2.05, 4.69) is 16.2 Å². The van der Waals surface area contributed by atoms with Gasteiger partial charge in [0.25, 0.3) is 0 Å². The van der Waals surface area contributed by atoms with Crippen molar-refractivity contribution in [1.82, 2.24) is 0 Å². The normalized spacial score (nSPS) is 12.5. The molecule has 1 N–H and O–H groups in total. The summed E-state index contributed by atoms with van der Waals surface area (Å²) in [5.41, 5.74) is 2.64. The molecule has 1 aliphatic rings. The maximum atomic E-state index is 12.7. The third-order valence-electron chi connectivity index (χ3n) is 3.50. The van der Waals surface area contributed by atoms with Crippen LogP contribution in [0, 0.1) is 11.3 Å². The number of nitriles is 1. The maximum absolute atomic E-state index is 12.7. The first-order valence-electron chi connectivity index (χ1n) is 7.02. The Bertz CT molecular complexity index is 814. The van der Waals surface area contributed by atoms with Gasteiger partial charge in [0.15, 0.2) is 0 Å². The lowest BCUT2D eigenvalue weighted by atomic mass is 9.99. The van der Waals surface area contributed by atoms with E-state index in [-0.39, 0.29) is 0 Å². The summed E-state index contributed by atoms with van der Waals surface area (Å²) in [6, 6.07) is 12.4. The zero-order chi connectivity index (χ0) is 17.1. The molecule has 1 heterocycles. The smallest absolute Gasteiger partial charge is 0.365 e. The number of hydroxylamine groups is 1. The highest BCUT2D eigenvalue weighted by Gasteiger charge is 2.23. The standard InChI is InChI=1S/C17H13F2N3O2/c1-23-13-4-2-12(3-5-13)14-8-11(10-20)9-15-16(14)22(7-6-21-15)24-17(18)19/h2-9,17,21H,1H3. The number of anilines is 2. The van der Waals surface area contributed by atoms with Gasteiger partial charge in [-0.3, -0.25) is 0 Å². The summed E-state index contributed by atoms with van der Waals surface area (Å²) in [6.07, 6.45) is 2.82. The first-order valence-corrected chi connectivity index (χ1v) is 7.02. The highest BCUT2D eigenvalue weighted by atomic mass is 19.3. The summed E-state index contributed by atoms with van der Waals surface area (Å²) in [5.74, 6) is 0.669. The molecule has 0 aromatic heterocycles. The minimum atomic E-state index is -2.97. The van der Waals surface area contributed by atoms with Crippen molar-refractivity contribution in [2.75, 3.05) is 17.5 Å². The van der Waals surface area contributed by atoms with Gasteiger partial charge >= 0.3 is 6.61 Å². The van der Waals surface area contributed by atoms with Crippen molar-refractivity contribution in [3.63, 3.8) is 0 Å². The molecule has 0 radical (unpaired) electrons. The van der Waals surface area contributed by atoms with Crippen LogP contribution in [0.2, 0.25) is 0 Å². The third kappa shape index (κ3) is 3.00. The molecule has 122 valence electrons. The van der Waals surface area contributed by atoms with E-state index in [1.165, 1.54) is 12.4 Å². The van der Waals surface area contributed by atoms with Crippen LogP contribution in [0.3, 0.4) is 0 Å². The molecule has 2 aromatic carbocycles. The second-order valence-corrected chi connectivity index (χ2v) is 4.91. The molecule has 0 saturated heterocycles. The molecule has 24 heavy (non-hydrogen) atoms. The lowest BCUT2D eigenvalue weighted by Crippen LogP contribution is -2.24. The van der Waals surface area contributed by atoms with E-state index in [1.807, 2.05) is 0 Å². The number of alkyl halides is 2. The SMILES string of the molecule is COc1ccc(-c2cc(C#N)cc3c2N(OC(F)F)C=CN3)cc1. The number of methoxy groups -OCH3 is 1. The molecule has 0 atom stereocenters. The highest BCUT2D eigenvalue weighted by molar-refractivity contribution is 5.90. The fourth-order valence-electron chi connectivity index (χ4n) is 2.48. The third-order valence-corrected chi connectivity index (χ3v) is 3.50. The number of nitrogens with zero attached hydrogens (tertiary/aromatic N) is 2. The fourth-order valence-corrected chi connectivity index (χ4v) is 2.48. The Hall–Kier alpha value is -3.11. The van der Waals surface area contributed by atoms with Crippen LogP contribution in [0.15, 0.2) is 48.8 Å². The molecule has 0 unspecified atom stereocenters. The molecule has 2 aromatic rings. The molecule has 0 aliphatic carbocycles. The highest BCUT2D eigenvalue weighted by Crippen LogP contribution is 2.41. The number of halogens is 2. The quantitative estimate of drug-likeness (QED) is 0.915. The molecule has 7 heteroatoms. The van der Waals surface area contributed by atoms with Crippen LogP contribution in [-0.4, -0.2) is 13.7 Å². The lowest BCUT2D eigenvalue weighted by molar-refractivity contribution is -0.130. The molecule has 0 bridgehead atoms. The second-order valence-electron chi connectivity index (χ2n) is 4.91. The Labute approximate surface area is 137 Å². The minimum Gasteiger partial charge on any atom is -0.497 e. The van der Waals surface area contributed by atoms with Gasteiger partial charge in [0.1, 0.15) is 11.4 Å². The Kier molecular flexibility index (Phi) is 4.31. The van der Waals surface area contributed by atoms with Crippen molar-refractivity contribution >= 4 is 11.4 Å². The predicted octanol–water partition coefficient (Wildman–Crippen LogP) is 4.09. The Morgan fingerprint density at radius 3 is 2.58 bits per heavy atom. The van der Waals surface area contributed by atoms with Crippen LogP contribution >= 0.6 is 0 Å². The monoisotopic (exact) mass is 329 g/mol. The van der Waals surface area contributed by atoms with Crippen molar-refractivity contribution in [2.24, 2.45) is 0 Å². The number of hydrogen-bond acceptors (Lipinski definition) is 5. The van der Waals surface area contributed by atoms with Crippen molar-refractivity contribution in [1.29, 1.82) is 5.26 Å². The Balaban J connectivity index is 2.15. The summed E-state index contributed by atoms with van der Waals surface area (Å²) >= 11 is 0. The van der Waals surface area contributed by atoms with E-state index in [1.54, 1.807) is 43.5 Å². The maximum Gasteiger partial charge on any atom is 0.365 e. The first-order chi connectivity index (χ1) is 11.6. The van der Waals surface area contributed by atoms with Gasteiger partial charge in [0.05, 0.1) is 24.4 Å². The van der Waals surface area contributed by atoms with Crippen LogP contribution in [0.5, 0.6) is 5.75 Å². The fraction of sp³-hybridized carbons (Fsp3) is 0.118. The molecule has 5 nitrogen and oxygen atoms in total. The van der Waals surface area contributed by atoms with Gasteiger partial charge in [0, 0.05) is 18.0 Å². The number of rotatable bonds is 4. The van der Waals surface area contributed by atoms with Gasteiger partial charge < -0.3 is 10.1 Å². The van der Waals surface area contributed by atoms with Gasteiger partial charge in [0.2, 0.25) is 0 Å². The van der Waals surface area contributed by atoms with Gasteiger partial charge in [-0.1, -0.05) is 12.1 Å². The summed E-state index contributed by atoms with van der Waals surface area (Å²) in [4.78, 5) is 4.56. The molecular weight excluding hydrogens is 316 g/mol. The molecule has 0 spiro atoms. The summed E-state index contributed by atoms with van der Waals surface area (Å²) in [5, 5.41) is 13.2. The Morgan fingerprint density at radius 1 is 1.21 bits per heavy atom. The van der Waals surface area contributed by atoms with Crippen molar-refractivity contribution < 1.29 is 18.4 Å². The van der Waals surface area contributed by atoms with Crippen molar-refractivity contribution in [3.05, 3.63) is 54.4 Å². The van der Waals surface area contributed by atoms with Gasteiger partial charge in [-0.05, 0) is 29.8 Å². The van der Waals surface area contributed by atoms with Crippen LogP contribution in [-0.2, 0) is 4.84 Å². The van der Waals surface area contributed by atoms with Crippen molar-refractivity contribution in [2.45, 2.75) is 6.61 Å². The van der Waals surface area contributed by atoms with E-state index in [4.69, 9.17) is 4.74 Å². The van der Waals surface area contributed by atoms with Crippen molar-refractivity contribution in [3.8, 4) is 22.9 Å². The minimum absolute atomic E-state index is 0.402. The summed E-state index contributed by atoms with van der Waals surface area (Å²) < 4.78 is 30.5. The number of ether oxygens (including phenoxy) is 1. The Morgan fingerprint density at radius 2 is 1.96 bits per heavy atom. The molecule has 0 amide bonds. The molecule has 0 saturated carbocycles. The average Bonchev–Trinajstić information content (AvgIpc) is 2.60. The number of fused-ring (bicyclic) bond motifs is 1.